The van der Waals surface area contributed by atoms with Crippen LogP contribution < -0.4 is 10.6 Å². The summed E-state index contributed by atoms with van der Waals surface area (Å²) in [6.07, 6.45) is 4.78. The van der Waals surface area contributed by atoms with Gasteiger partial charge in [-0.25, -0.2) is 0 Å². The number of nitrogens with one attached hydrogen (secondary N) is 2. The van der Waals surface area contributed by atoms with Gasteiger partial charge in [-0.1, -0.05) is 0 Å². The number of hydrogen-bond acceptors (Lipinski definition) is 3. The Kier molecular flexibility index (Phi) is 4.28. The summed E-state index contributed by atoms with van der Waals surface area (Å²) in [6, 6.07) is 0.187. The Balaban J connectivity index is 0.00000108. The lowest BCUT2D eigenvalue weighted by Gasteiger charge is -2.41. The smallest absolute Gasteiger partial charge is 0.223 e. The molecule has 1 aliphatic carbocycles. The van der Waals surface area contributed by atoms with E-state index in [1.165, 1.54) is 6.42 Å². The second-order valence-corrected chi connectivity index (χ2v) is 5.29. The summed E-state index contributed by atoms with van der Waals surface area (Å²) in [4.78, 5) is 11.8. The molecule has 98 valence electrons. The third-order valence-electron chi connectivity index (χ3n) is 3.94. The molecule has 0 aromatic heterocycles. The van der Waals surface area contributed by atoms with Crippen LogP contribution in [0.5, 0.6) is 0 Å². The van der Waals surface area contributed by atoms with Crippen molar-refractivity contribution in [3.05, 3.63) is 0 Å². The van der Waals surface area contributed by atoms with Crippen LogP contribution in [0.4, 0.5) is 0 Å². The van der Waals surface area contributed by atoms with Crippen molar-refractivity contribution >= 4 is 18.3 Å². The van der Waals surface area contributed by atoms with Gasteiger partial charge in [0.25, 0.3) is 0 Å². The normalized spacial score (nSPS) is 36.6. The maximum Gasteiger partial charge on any atom is 0.223 e. The zero-order valence-electron chi connectivity index (χ0n) is 9.98. The summed E-state index contributed by atoms with van der Waals surface area (Å²) in [6.45, 7) is 2.76. The predicted octanol–water partition coefficient (Wildman–Crippen LogP) is 0.701. The van der Waals surface area contributed by atoms with Crippen molar-refractivity contribution in [2.75, 3.05) is 19.7 Å². The van der Waals surface area contributed by atoms with Gasteiger partial charge in [0.15, 0.2) is 0 Å². The molecular weight excluding hydrogens is 240 g/mol. The number of hydrogen-bond donors (Lipinski definition) is 2. The van der Waals surface area contributed by atoms with E-state index in [9.17, 15) is 4.79 Å². The molecule has 3 rings (SSSR count). The molecule has 5 heteroatoms. The minimum Gasteiger partial charge on any atom is -0.376 e. The topological polar surface area (TPSA) is 50.4 Å². The number of amides is 1. The summed E-state index contributed by atoms with van der Waals surface area (Å²) >= 11 is 0. The molecule has 0 aromatic rings. The quantitative estimate of drug-likeness (QED) is 0.769. The number of rotatable bonds is 2. The Labute approximate surface area is 108 Å². The molecule has 1 saturated carbocycles. The molecule has 1 amide bonds. The highest BCUT2D eigenvalue weighted by Crippen LogP contribution is 2.30. The van der Waals surface area contributed by atoms with Crippen LogP contribution in [-0.4, -0.2) is 37.7 Å². The zero-order chi connectivity index (χ0) is 11.0. The van der Waals surface area contributed by atoms with Crippen molar-refractivity contribution in [1.29, 1.82) is 0 Å². The molecule has 3 aliphatic rings. The number of piperidine rings is 1. The van der Waals surface area contributed by atoms with Gasteiger partial charge in [-0.15, -0.1) is 12.4 Å². The first-order valence-electron chi connectivity index (χ1n) is 6.47. The fourth-order valence-electron chi connectivity index (χ4n) is 2.85. The third kappa shape index (κ3) is 2.92. The van der Waals surface area contributed by atoms with Crippen LogP contribution >= 0.6 is 12.4 Å². The van der Waals surface area contributed by atoms with Gasteiger partial charge in [-0.2, -0.15) is 0 Å². The molecule has 0 unspecified atom stereocenters. The van der Waals surface area contributed by atoms with E-state index in [0.29, 0.717) is 11.8 Å². The first-order valence-corrected chi connectivity index (χ1v) is 6.47. The lowest BCUT2D eigenvalue weighted by molar-refractivity contribution is -0.126. The Bertz CT molecular complexity index is 282. The molecule has 2 N–H and O–H groups in total. The van der Waals surface area contributed by atoms with Gasteiger partial charge in [0.1, 0.15) is 0 Å². The van der Waals surface area contributed by atoms with Crippen molar-refractivity contribution in [2.24, 2.45) is 11.8 Å². The average molecular weight is 261 g/mol. The number of fused-ring (bicyclic) bond motifs is 1. The fourth-order valence-corrected chi connectivity index (χ4v) is 2.85. The molecule has 0 spiro atoms. The molecule has 3 fully saturated rings. The van der Waals surface area contributed by atoms with E-state index in [-0.39, 0.29) is 30.5 Å². The predicted molar refractivity (Wildman–Crippen MR) is 67.2 cm³/mol. The molecule has 3 atom stereocenters. The van der Waals surface area contributed by atoms with Crippen LogP contribution in [0.1, 0.15) is 25.7 Å². The van der Waals surface area contributed by atoms with Gasteiger partial charge in [0, 0.05) is 25.6 Å². The standard InChI is InChI=1S/C12H20N2O2.ClH/c15-12(8-3-4-8)14-10-7-13-6-9-2-1-5-16-11(9)10;/h8-11,13H,1-7H2,(H,14,15);1H/t9-,10+,11-;/m0./s1. The maximum atomic E-state index is 11.8. The Hall–Kier alpha value is -0.320. The monoisotopic (exact) mass is 260 g/mol. The first kappa shape index (κ1) is 13.1. The van der Waals surface area contributed by atoms with Gasteiger partial charge in [0.05, 0.1) is 12.1 Å². The molecule has 2 saturated heterocycles. The molecule has 0 radical (unpaired) electrons. The number of ether oxygens (including phenoxy) is 1. The second kappa shape index (κ2) is 5.55. The lowest BCUT2D eigenvalue weighted by Crippen LogP contribution is -2.60. The van der Waals surface area contributed by atoms with Crippen molar-refractivity contribution < 1.29 is 9.53 Å². The van der Waals surface area contributed by atoms with Crippen LogP contribution in [0.25, 0.3) is 0 Å². The van der Waals surface area contributed by atoms with Crippen LogP contribution in [0, 0.1) is 11.8 Å². The van der Waals surface area contributed by atoms with Gasteiger partial charge in [0.2, 0.25) is 5.91 Å². The first-order chi connectivity index (χ1) is 7.84. The van der Waals surface area contributed by atoms with E-state index in [1.54, 1.807) is 0 Å². The van der Waals surface area contributed by atoms with E-state index < -0.39 is 0 Å². The molecule has 17 heavy (non-hydrogen) atoms. The Morgan fingerprint density at radius 2 is 2.06 bits per heavy atom. The molecule has 4 nitrogen and oxygen atoms in total. The van der Waals surface area contributed by atoms with Crippen LogP contribution in [-0.2, 0) is 9.53 Å². The lowest BCUT2D eigenvalue weighted by atomic mass is 9.86. The highest BCUT2D eigenvalue weighted by Gasteiger charge is 2.39. The summed E-state index contributed by atoms with van der Waals surface area (Å²) in [7, 11) is 0. The summed E-state index contributed by atoms with van der Waals surface area (Å²) in [5.74, 6) is 1.12. The number of carbonyl (C=O) groups is 1. The SMILES string of the molecule is Cl.O=C(N[C@@H]1CNC[C@@H]2CCCO[C@@H]21)C1CC1. The number of carbonyl (C=O) groups excluding carboxylic acids is 1. The largest absolute Gasteiger partial charge is 0.376 e. The summed E-state index contributed by atoms with van der Waals surface area (Å²) in [5.41, 5.74) is 0. The van der Waals surface area contributed by atoms with Crippen LogP contribution in [0.2, 0.25) is 0 Å². The van der Waals surface area contributed by atoms with Crippen molar-refractivity contribution in [1.82, 2.24) is 10.6 Å². The average Bonchev–Trinajstić information content (AvgIpc) is 3.13. The van der Waals surface area contributed by atoms with E-state index in [0.717, 1.165) is 39.0 Å². The maximum absolute atomic E-state index is 11.8. The van der Waals surface area contributed by atoms with Crippen LogP contribution in [0.3, 0.4) is 0 Å². The van der Waals surface area contributed by atoms with Gasteiger partial charge < -0.3 is 15.4 Å². The Morgan fingerprint density at radius 1 is 1.24 bits per heavy atom. The summed E-state index contributed by atoms with van der Waals surface area (Å²) in [5, 5.41) is 6.56. The van der Waals surface area contributed by atoms with Crippen molar-refractivity contribution in [3.8, 4) is 0 Å². The van der Waals surface area contributed by atoms with Crippen molar-refractivity contribution in [3.63, 3.8) is 0 Å². The minimum atomic E-state index is 0. The van der Waals surface area contributed by atoms with Gasteiger partial charge >= 0.3 is 0 Å². The molecule has 2 aliphatic heterocycles. The van der Waals surface area contributed by atoms with E-state index in [1.807, 2.05) is 0 Å². The molecule has 0 bridgehead atoms. The molecular formula is C12H21ClN2O2. The van der Waals surface area contributed by atoms with E-state index in [4.69, 9.17) is 4.74 Å². The van der Waals surface area contributed by atoms with E-state index in [2.05, 4.69) is 10.6 Å². The summed E-state index contributed by atoms with van der Waals surface area (Å²) < 4.78 is 5.84. The number of halogens is 1. The van der Waals surface area contributed by atoms with Crippen LogP contribution in [0.15, 0.2) is 0 Å². The third-order valence-corrected chi connectivity index (χ3v) is 3.94. The van der Waals surface area contributed by atoms with Gasteiger partial charge in [-0.05, 0) is 31.6 Å². The molecule has 0 aromatic carbocycles. The fraction of sp³-hybridized carbons (Fsp3) is 0.917. The minimum absolute atomic E-state index is 0. The highest BCUT2D eigenvalue weighted by molar-refractivity contribution is 5.85. The second-order valence-electron chi connectivity index (χ2n) is 5.29. The zero-order valence-corrected chi connectivity index (χ0v) is 10.8. The van der Waals surface area contributed by atoms with E-state index >= 15 is 0 Å². The molecule has 2 heterocycles. The Morgan fingerprint density at radius 3 is 2.82 bits per heavy atom. The highest BCUT2D eigenvalue weighted by atomic mass is 35.5. The van der Waals surface area contributed by atoms with Crippen molar-refractivity contribution in [2.45, 2.75) is 37.8 Å². The van der Waals surface area contributed by atoms with Gasteiger partial charge in [-0.3, -0.25) is 4.79 Å².